The SMILES string of the molecule is C1=CCCC(n2ncc3c2CCCC3CCN2C=COCC2)=C1.CC. The van der Waals surface area contributed by atoms with Crippen molar-refractivity contribution in [2.75, 3.05) is 19.7 Å². The molecule has 3 aliphatic rings. The first kappa shape index (κ1) is 17.8. The van der Waals surface area contributed by atoms with Gasteiger partial charge in [-0.25, -0.2) is 4.68 Å². The van der Waals surface area contributed by atoms with Gasteiger partial charge in [0.05, 0.1) is 19.0 Å². The summed E-state index contributed by atoms with van der Waals surface area (Å²) in [5.74, 6) is 0.656. The summed E-state index contributed by atoms with van der Waals surface area (Å²) >= 11 is 0. The number of nitrogens with zero attached hydrogens (tertiary/aromatic N) is 3. The highest BCUT2D eigenvalue weighted by molar-refractivity contribution is 5.52. The monoisotopic (exact) mass is 341 g/mol. The summed E-state index contributed by atoms with van der Waals surface area (Å²) < 4.78 is 7.49. The lowest BCUT2D eigenvalue weighted by Crippen LogP contribution is -2.27. The molecule has 0 saturated heterocycles. The molecule has 2 aliphatic carbocycles. The van der Waals surface area contributed by atoms with Gasteiger partial charge in [0.1, 0.15) is 6.61 Å². The van der Waals surface area contributed by atoms with Gasteiger partial charge >= 0.3 is 0 Å². The van der Waals surface area contributed by atoms with Crippen LogP contribution in [0.3, 0.4) is 0 Å². The molecule has 1 aromatic heterocycles. The van der Waals surface area contributed by atoms with E-state index < -0.39 is 0 Å². The maximum atomic E-state index is 5.27. The number of aromatic nitrogens is 2. The molecule has 0 amide bonds. The Balaban J connectivity index is 0.000000880. The number of allylic oxidation sites excluding steroid dienone is 4. The number of ether oxygens (including phenoxy) is 1. The highest BCUT2D eigenvalue weighted by atomic mass is 16.5. The molecule has 0 N–H and O–H groups in total. The zero-order valence-corrected chi connectivity index (χ0v) is 15.7. The predicted molar refractivity (Wildman–Crippen MR) is 103 cm³/mol. The van der Waals surface area contributed by atoms with Gasteiger partial charge < -0.3 is 9.64 Å². The molecule has 0 radical (unpaired) electrons. The smallest absolute Gasteiger partial charge is 0.105 e. The van der Waals surface area contributed by atoms with Gasteiger partial charge in [0, 0.05) is 24.1 Å². The Hall–Kier alpha value is -1.97. The molecular formula is C21H31N3O. The zero-order valence-electron chi connectivity index (χ0n) is 15.7. The maximum absolute atomic E-state index is 5.27. The molecule has 0 saturated carbocycles. The van der Waals surface area contributed by atoms with E-state index in [1.807, 2.05) is 20.1 Å². The average molecular weight is 341 g/mol. The first-order valence-corrected chi connectivity index (χ1v) is 9.87. The number of hydrogen-bond acceptors (Lipinski definition) is 3. The largest absolute Gasteiger partial charge is 0.498 e. The van der Waals surface area contributed by atoms with E-state index in [1.165, 1.54) is 42.6 Å². The van der Waals surface area contributed by atoms with Crippen LogP contribution in [-0.2, 0) is 11.2 Å². The third-order valence-electron chi connectivity index (χ3n) is 5.20. The Kier molecular flexibility index (Phi) is 6.37. The van der Waals surface area contributed by atoms with Crippen LogP contribution >= 0.6 is 0 Å². The summed E-state index contributed by atoms with van der Waals surface area (Å²) in [4.78, 5) is 2.37. The molecule has 1 atom stereocenters. The van der Waals surface area contributed by atoms with E-state index in [-0.39, 0.29) is 0 Å². The Morgan fingerprint density at radius 2 is 2.20 bits per heavy atom. The van der Waals surface area contributed by atoms with Crippen LogP contribution in [0, 0.1) is 0 Å². The van der Waals surface area contributed by atoms with E-state index in [2.05, 4.69) is 40.2 Å². The lowest BCUT2D eigenvalue weighted by molar-refractivity contribution is 0.170. The molecule has 4 nitrogen and oxygen atoms in total. The van der Waals surface area contributed by atoms with Crippen LogP contribution in [0.2, 0.25) is 0 Å². The second-order valence-corrected chi connectivity index (χ2v) is 6.65. The Morgan fingerprint density at radius 3 is 2.96 bits per heavy atom. The summed E-state index contributed by atoms with van der Waals surface area (Å²) in [6, 6.07) is 0. The molecule has 2 heterocycles. The van der Waals surface area contributed by atoms with Gasteiger partial charge in [-0.05, 0) is 56.1 Å². The van der Waals surface area contributed by atoms with Gasteiger partial charge in [-0.2, -0.15) is 5.10 Å². The minimum Gasteiger partial charge on any atom is -0.498 e. The molecular weight excluding hydrogens is 310 g/mol. The van der Waals surface area contributed by atoms with E-state index in [1.54, 1.807) is 0 Å². The van der Waals surface area contributed by atoms with Crippen molar-refractivity contribution in [3.05, 3.63) is 48.1 Å². The van der Waals surface area contributed by atoms with Crippen molar-refractivity contribution in [1.29, 1.82) is 0 Å². The third kappa shape index (κ3) is 4.17. The van der Waals surface area contributed by atoms with Gasteiger partial charge in [-0.3, -0.25) is 0 Å². The summed E-state index contributed by atoms with van der Waals surface area (Å²) in [6.07, 6.45) is 19.8. The summed E-state index contributed by atoms with van der Waals surface area (Å²) in [6.45, 7) is 6.93. The average Bonchev–Trinajstić information content (AvgIpc) is 3.14. The third-order valence-corrected chi connectivity index (χ3v) is 5.20. The molecule has 1 unspecified atom stereocenters. The van der Waals surface area contributed by atoms with E-state index in [4.69, 9.17) is 9.84 Å². The lowest BCUT2D eigenvalue weighted by atomic mass is 9.84. The summed E-state index contributed by atoms with van der Waals surface area (Å²) in [5, 5.41) is 4.73. The van der Waals surface area contributed by atoms with Crippen molar-refractivity contribution >= 4 is 5.70 Å². The van der Waals surface area contributed by atoms with Crippen molar-refractivity contribution in [1.82, 2.24) is 14.7 Å². The van der Waals surface area contributed by atoms with E-state index in [0.29, 0.717) is 5.92 Å². The molecule has 25 heavy (non-hydrogen) atoms. The summed E-state index contributed by atoms with van der Waals surface area (Å²) in [7, 11) is 0. The first-order valence-electron chi connectivity index (χ1n) is 9.87. The van der Waals surface area contributed by atoms with Crippen LogP contribution < -0.4 is 0 Å². The van der Waals surface area contributed by atoms with Crippen LogP contribution in [0.1, 0.15) is 63.1 Å². The highest BCUT2D eigenvalue weighted by Crippen LogP contribution is 2.35. The predicted octanol–water partition coefficient (Wildman–Crippen LogP) is 4.71. The second-order valence-electron chi connectivity index (χ2n) is 6.65. The van der Waals surface area contributed by atoms with Crippen LogP contribution in [-0.4, -0.2) is 34.4 Å². The minimum absolute atomic E-state index is 0.656. The molecule has 0 aromatic carbocycles. The maximum Gasteiger partial charge on any atom is 0.105 e. The fourth-order valence-corrected chi connectivity index (χ4v) is 3.91. The van der Waals surface area contributed by atoms with Crippen LogP contribution in [0.25, 0.3) is 5.70 Å². The first-order chi connectivity index (χ1) is 12.4. The van der Waals surface area contributed by atoms with Gasteiger partial charge in [0.25, 0.3) is 0 Å². The highest BCUT2D eigenvalue weighted by Gasteiger charge is 2.25. The zero-order chi connectivity index (χ0) is 17.5. The van der Waals surface area contributed by atoms with Crippen LogP contribution in [0.4, 0.5) is 0 Å². The van der Waals surface area contributed by atoms with Gasteiger partial charge in [-0.15, -0.1) is 0 Å². The Morgan fingerprint density at radius 1 is 1.28 bits per heavy atom. The van der Waals surface area contributed by atoms with Crippen LogP contribution in [0.15, 0.2) is 36.9 Å². The molecule has 1 aliphatic heterocycles. The Labute approximate surface area is 151 Å². The molecule has 1 aromatic rings. The minimum atomic E-state index is 0.656. The number of hydrogen-bond donors (Lipinski definition) is 0. The normalized spacial score (nSPS) is 21.8. The molecule has 0 fully saturated rings. The number of fused-ring (bicyclic) bond motifs is 1. The van der Waals surface area contributed by atoms with E-state index in [9.17, 15) is 0 Å². The van der Waals surface area contributed by atoms with Crippen molar-refractivity contribution in [2.24, 2.45) is 0 Å². The Bertz CT molecular complexity index is 642. The molecule has 4 rings (SSSR count). The summed E-state index contributed by atoms with van der Waals surface area (Å²) in [5.41, 5.74) is 4.30. The topological polar surface area (TPSA) is 30.3 Å². The van der Waals surface area contributed by atoms with Crippen molar-refractivity contribution in [3.63, 3.8) is 0 Å². The second kappa shape index (κ2) is 8.93. The van der Waals surface area contributed by atoms with E-state index >= 15 is 0 Å². The number of rotatable bonds is 4. The van der Waals surface area contributed by atoms with E-state index in [0.717, 1.165) is 32.5 Å². The van der Waals surface area contributed by atoms with Gasteiger partial charge in [0.2, 0.25) is 0 Å². The van der Waals surface area contributed by atoms with Crippen molar-refractivity contribution in [2.45, 2.75) is 58.3 Å². The molecule has 0 spiro atoms. The fraction of sp³-hybridized carbons (Fsp3) is 0.571. The van der Waals surface area contributed by atoms with Gasteiger partial charge in [0.15, 0.2) is 0 Å². The lowest BCUT2D eigenvalue weighted by Gasteiger charge is -2.28. The fourth-order valence-electron chi connectivity index (χ4n) is 3.91. The molecule has 136 valence electrons. The van der Waals surface area contributed by atoms with Crippen LogP contribution in [0.5, 0.6) is 0 Å². The standard InChI is InChI=1S/C19H25N3O.C2H6/c1-2-6-17(7-3-1)22-19-8-4-5-16(18(19)15-20-22)9-10-21-11-13-23-14-12-21;1-2/h1-2,6,11,13,15-16H,3-5,7-10,12,14H2;1-2H3. The van der Waals surface area contributed by atoms with Crippen molar-refractivity contribution in [3.8, 4) is 0 Å². The van der Waals surface area contributed by atoms with Gasteiger partial charge in [-0.1, -0.05) is 26.0 Å². The quantitative estimate of drug-likeness (QED) is 0.794. The van der Waals surface area contributed by atoms with Crippen molar-refractivity contribution < 1.29 is 4.74 Å². The molecule has 0 bridgehead atoms. The molecule has 4 heteroatoms.